The molecule has 6 nitrogen and oxygen atoms in total. The molecule has 0 amide bonds. The molecule has 0 radical (unpaired) electrons. The average Bonchev–Trinajstić information content (AvgIpc) is 2.57. The van der Waals surface area contributed by atoms with Crippen molar-refractivity contribution >= 4 is 17.9 Å². The van der Waals surface area contributed by atoms with Crippen LogP contribution >= 0.6 is 0 Å². The number of piperidine rings is 1. The Labute approximate surface area is 158 Å². The first-order valence-corrected chi connectivity index (χ1v) is 9.26. The molecule has 1 saturated heterocycles. The topological polar surface area (TPSA) is 68.1 Å². The minimum absolute atomic E-state index is 0.236. The monoisotopic (exact) mass is 376 g/mol. The summed E-state index contributed by atoms with van der Waals surface area (Å²) in [7, 11) is 2.10. The lowest BCUT2D eigenvalue weighted by atomic mass is 9.89. The highest BCUT2D eigenvalue weighted by molar-refractivity contribution is 5.81. The van der Waals surface area contributed by atoms with E-state index < -0.39 is 13.0 Å². The number of hydrogen-bond donors (Lipinski definition) is 2. The Hall–Kier alpha value is -2.47. The van der Waals surface area contributed by atoms with Gasteiger partial charge in [-0.3, -0.25) is 0 Å². The summed E-state index contributed by atoms with van der Waals surface area (Å²) in [6, 6.07) is 0. The predicted octanol–water partition coefficient (Wildman–Crippen LogP) is 2.99. The van der Waals surface area contributed by atoms with Gasteiger partial charge in [-0.2, -0.15) is 0 Å². The molecule has 0 saturated carbocycles. The van der Waals surface area contributed by atoms with Gasteiger partial charge in [-0.1, -0.05) is 6.92 Å². The van der Waals surface area contributed by atoms with Crippen molar-refractivity contribution in [3.05, 3.63) is 29.4 Å². The zero-order chi connectivity index (χ0) is 19.4. The van der Waals surface area contributed by atoms with Gasteiger partial charge in [-0.25, -0.2) is 18.7 Å². The number of aromatic nitrogens is 2. The summed E-state index contributed by atoms with van der Waals surface area (Å²) < 4.78 is 25.1. The minimum Gasteiger partial charge on any atom is -0.371 e. The molecule has 8 heteroatoms. The van der Waals surface area contributed by atoms with Crippen LogP contribution in [0.3, 0.4) is 0 Å². The van der Waals surface area contributed by atoms with E-state index in [1.54, 1.807) is 6.20 Å². The first-order valence-electron chi connectivity index (χ1n) is 9.26. The molecule has 1 fully saturated rings. The van der Waals surface area contributed by atoms with Crippen molar-refractivity contribution in [2.75, 3.05) is 43.4 Å². The Kier molecular flexibility index (Phi) is 6.06. The third-order valence-electron chi connectivity index (χ3n) is 4.98. The maximum absolute atomic E-state index is 12.5. The summed E-state index contributed by atoms with van der Waals surface area (Å²) in [4.78, 5) is 13.1. The van der Waals surface area contributed by atoms with Gasteiger partial charge in [0.1, 0.15) is 11.5 Å². The van der Waals surface area contributed by atoms with Gasteiger partial charge >= 0.3 is 0 Å². The van der Waals surface area contributed by atoms with Crippen molar-refractivity contribution in [2.24, 2.45) is 11.8 Å². The summed E-state index contributed by atoms with van der Waals surface area (Å²) >= 11 is 0. The van der Waals surface area contributed by atoms with Crippen LogP contribution in [0.5, 0.6) is 0 Å². The van der Waals surface area contributed by atoms with Crippen LogP contribution in [-0.2, 0) is 0 Å². The molecule has 1 aromatic rings. The van der Waals surface area contributed by atoms with Crippen LogP contribution in [0.2, 0.25) is 0 Å². The molecule has 146 valence electrons. The molecule has 27 heavy (non-hydrogen) atoms. The molecular weight excluding hydrogens is 350 g/mol. The highest BCUT2D eigenvalue weighted by atomic mass is 19.3. The fourth-order valence-corrected chi connectivity index (χ4v) is 3.71. The quantitative estimate of drug-likeness (QED) is 0.539. The van der Waals surface area contributed by atoms with Gasteiger partial charge in [0.15, 0.2) is 5.82 Å². The molecule has 0 unspecified atom stereocenters. The van der Waals surface area contributed by atoms with E-state index in [0.29, 0.717) is 17.7 Å². The second-order valence-electron chi connectivity index (χ2n) is 7.37. The molecule has 0 bridgehead atoms. The van der Waals surface area contributed by atoms with E-state index in [0.717, 1.165) is 38.7 Å². The van der Waals surface area contributed by atoms with Crippen molar-refractivity contribution in [1.29, 1.82) is 5.41 Å². The summed E-state index contributed by atoms with van der Waals surface area (Å²) in [5.74, 6) is 1.89. The van der Waals surface area contributed by atoms with Gasteiger partial charge in [-0.15, -0.1) is 5.73 Å². The van der Waals surface area contributed by atoms with Crippen LogP contribution in [0, 0.1) is 17.2 Å². The number of anilines is 2. The van der Waals surface area contributed by atoms with E-state index in [1.165, 1.54) is 5.70 Å². The largest absolute Gasteiger partial charge is 0.371 e. The van der Waals surface area contributed by atoms with Crippen LogP contribution in [0.25, 0.3) is 0 Å². The van der Waals surface area contributed by atoms with Crippen molar-refractivity contribution in [1.82, 2.24) is 14.9 Å². The number of alkyl halides is 2. The molecule has 0 aromatic carbocycles. The Morgan fingerprint density at radius 2 is 2.26 bits per heavy atom. The molecule has 0 spiro atoms. The normalized spacial score (nSPS) is 21.7. The lowest BCUT2D eigenvalue weighted by molar-refractivity contribution is 0.163. The molecule has 3 rings (SSSR count). The smallest absolute Gasteiger partial charge is 0.255 e. The van der Waals surface area contributed by atoms with Gasteiger partial charge in [-0.05, 0) is 24.3 Å². The number of nitrogens with one attached hydrogen (secondary N) is 2. The highest BCUT2D eigenvalue weighted by Crippen LogP contribution is 2.28. The first-order chi connectivity index (χ1) is 13.0. The highest BCUT2D eigenvalue weighted by Gasteiger charge is 2.27. The number of hydrogen-bond acceptors (Lipinski definition) is 6. The zero-order valence-corrected chi connectivity index (χ0v) is 15.8. The van der Waals surface area contributed by atoms with Crippen molar-refractivity contribution in [2.45, 2.75) is 26.2 Å². The summed E-state index contributed by atoms with van der Waals surface area (Å²) in [6.07, 6.45) is 4.33. The zero-order valence-electron chi connectivity index (χ0n) is 15.8. The fourth-order valence-electron chi connectivity index (χ4n) is 3.71. The minimum atomic E-state index is -2.49. The van der Waals surface area contributed by atoms with Crippen LogP contribution in [0.4, 0.5) is 20.4 Å². The van der Waals surface area contributed by atoms with E-state index >= 15 is 0 Å². The van der Waals surface area contributed by atoms with Crippen molar-refractivity contribution in [3.8, 4) is 0 Å². The predicted molar refractivity (Wildman–Crippen MR) is 103 cm³/mol. The number of rotatable bonds is 8. The summed E-state index contributed by atoms with van der Waals surface area (Å²) in [5, 5.41) is 10.0. The van der Waals surface area contributed by atoms with E-state index in [9.17, 15) is 8.78 Å². The van der Waals surface area contributed by atoms with E-state index in [-0.39, 0.29) is 11.5 Å². The van der Waals surface area contributed by atoms with Gasteiger partial charge in [0.25, 0.3) is 6.43 Å². The molecule has 2 atom stereocenters. The molecule has 1 aliphatic carbocycles. The Morgan fingerprint density at radius 1 is 1.48 bits per heavy atom. The molecule has 2 heterocycles. The summed E-state index contributed by atoms with van der Waals surface area (Å²) in [5.41, 5.74) is 4.73. The Bertz CT molecular complexity index is 744. The molecule has 1 aliphatic heterocycles. The average molecular weight is 376 g/mol. The third-order valence-corrected chi connectivity index (χ3v) is 4.98. The van der Waals surface area contributed by atoms with Gasteiger partial charge in [0.05, 0.1) is 18.4 Å². The SMILES string of the molecule is C[C@@H]1C[C@H](CN(C)C2=C=CC2)CN(c2cnc(C=N)c(NCC(F)F)n2)C1. The van der Waals surface area contributed by atoms with E-state index in [2.05, 4.69) is 44.8 Å². The van der Waals surface area contributed by atoms with Crippen molar-refractivity contribution < 1.29 is 8.78 Å². The Morgan fingerprint density at radius 3 is 2.89 bits per heavy atom. The second-order valence-corrected chi connectivity index (χ2v) is 7.37. The van der Waals surface area contributed by atoms with Gasteiger partial charge < -0.3 is 20.5 Å². The number of nitrogens with zero attached hydrogens (tertiary/aromatic N) is 4. The van der Waals surface area contributed by atoms with Crippen LogP contribution < -0.4 is 10.2 Å². The third kappa shape index (κ3) is 4.83. The fraction of sp³-hybridized carbons (Fsp3) is 0.579. The number of halogens is 2. The van der Waals surface area contributed by atoms with Gasteiger partial charge in [0.2, 0.25) is 0 Å². The maximum Gasteiger partial charge on any atom is 0.255 e. The van der Waals surface area contributed by atoms with Crippen LogP contribution in [-0.4, -0.2) is 60.7 Å². The van der Waals surface area contributed by atoms with Crippen LogP contribution in [0.1, 0.15) is 25.5 Å². The first kappa shape index (κ1) is 19.3. The molecule has 2 aliphatic rings. The second kappa shape index (κ2) is 8.48. The lowest BCUT2D eigenvalue weighted by Gasteiger charge is -2.39. The van der Waals surface area contributed by atoms with E-state index in [4.69, 9.17) is 5.41 Å². The molecule has 1 aromatic heterocycles. The molecule has 2 N–H and O–H groups in total. The summed E-state index contributed by atoms with van der Waals surface area (Å²) in [6.45, 7) is 4.37. The van der Waals surface area contributed by atoms with Crippen LogP contribution in [0.15, 0.2) is 23.7 Å². The van der Waals surface area contributed by atoms with E-state index in [1.807, 2.05) is 6.08 Å². The molecular formula is C19H26F2N6. The maximum atomic E-state index is 12.5. The Balaban J connectivity index is 1.72. The lowest BCUT2D eigenvalue weighted by Crippen LogP contribution is -2.44. The van der Waals surface area contributed by atoms with Gasteiger partial charge in [0, 0.05) is 39.3 Å². The standard InChI is InChI=1S/C19H26F2N6/c1-13-6-14(11-26(2)15-4-3-5-15)12-27(10-13)18-9-23-16(7-22)19(25-18)24-8-17(20)21/h3,7,9,13-14,17,22H,4,6,8,10-12H2,1-2H3,(H,24,25)/t13-,14-/m1/s1. The van der Waals surface area contributed by atoms with Crippen molar-refractivity contribution in [3.63, 3.8) is 0 Å².